The predicted octanol–water partition coefficient (Wildman–Crippen LogP) is -3.73. The maximum Gasteiger partial charge on any atom is 1.00 e. The van der Waals surface area contributed by atoms with Crippen LogP contribution in [-0.2, 0) is 29.1 Å². The quantitative estimate of drug-likeness (QED) is 0.332. The first kappa shape index (κ1) is 16.1. The van der Waals surface area contributed by atoms with Gasteiger partial charge in [-0.15, -0.1) is 0 Å². The molecule has 0 rings (SSSR count). The van der Waals surface area contributed by atoms with E-state index < -0.39 is 11.9 Å². The standard InChI is InChI=1S/C2H2O4.K.Ru.H/c3-1(4)2(5)6;;;/h(H,3,4)(H,5,6);;;/q;+1;;-1. The van der Waals surface area contributed by atoms with Gasteiger partial charge in [-0.25, -0.2) is 9.59 Å². The summed E-state index contributed by atoms with van der Waals surface area (Å²) in [6.07, 6.45) is 0. The van der Waals surface area contributed by atoms with Crippen molar-refractivity contribution in [3.05, 3.63) is 0 Å². The van der Waals surface area contributed by atoms with E-state index in [1.165, 1.54) is 0 Å². The molecule has 0 radical (unpaired) electrons. The van der Waals surface area contributed by atoms with Crippen molar-refractivity contribution in [3.8, 4) is 0 Å². The summed E-state index contributed by atoms with van der Waals surface area (Å²) >= 11 is 0. The van der Waals surface area contributed by atoms with E-state index in [1.54, 1.807) is 0 Å². The van der Waals surface area contributed by atoms with E-state index in [1.807, 2.05) is 0 Å². The molecule has 2 N–H and O–H groups in total. The summed E-state index contributed by atoms with van der Waals surface area (Å²) in [5.41, 5.74) is 0. The van der Waals surface area contributed by atoms with Gasteiger partial charge in [0.25, 0.3) is 0 Å². The van der Waals surface area contributed by atoms with Crippen LogP contribution < -0.4 is 51.4 Å². The van der Waals surface area contributed by atoms with Gasteiger partial charge in [0.1, 0.15) is 0 Å². The number of hydrogen-bond donors (Lipinski definition) is 2. The molecule has 0 heterocycles. The molecule has 0 aromatic carbocycles. The SMILES string of the molecule is O=C(O)C(=O)O.[H-].[K+].[Ru]. The van der Waals surface area contributed by atoms with Gasteiger partial charge in [-0.3, -0.25) is 0 Å². The largest absolute Gasteiger partial charge is 1.00 e. The van der Waals surface area contributed by atoms with Crippen LogP contribution >= 0.6 is 0 Å². The minimum absolute atomic E-state index is 0. The molecule has 0 bridgehead atoms. The Labute approximate surface area is 102 Å². The van der Waals surface area contributed by atoms with Crippen molar-refractivity contribution in [1.82, 2.24) is 0 Å². The summed E-state index contributed by atoms with van der Waals surface area (Å²) in [6, 6.07) is 0. The van der Waals surface area contributed by atoms with Crippen LogP contribution in [-0.4, -0.2) is 22.2 Å². The third-order valence-electron chi connectivity index (χ3n) is 0.183. The van der Waals surface area contributed by atoms with Crippen LogP contribution in [0.1, 0.15) is 1.43 Å². The molecule has 0 saturated carbocycles. The summed E-state index contributed by atoms with van der Waals surface area (Å²) in [5.74, 6) is -3.65. The Morgan fingerprint density at radius 3 is 1.25 bits per heavy atom. The Balaban J connectivity index is -0.0000000417. The Bertz CT molecular complexity index is 84.6. The molecule has 0 amide bonds. The van der Waals surface area contributed by atoms with Gasteiger partial charge in [-0.2, -0.15) is 0 Å². The molecule has 0 aliphatic carbocycles. The van der Waals surface area contributed by atoms with Crippen molar-refractivity contribution in [2.75, 3.05) is 0 Å². The van der Waals surface area contributed by atoms with Gasteiger partial charge < -0.3 is 11.6 Å². The monoisotopic (exact) mass is 232 g/mol. The first-order valence-electron chi connectivity index (χ1n) is 1.11. The molecule has 4 nitrogen and oxygen atoms in total. The Morgan fingerprint density at radius 1 is 1.12 bits per heavy atom. The van der Waals surface area contributed by atoms with Gasteiger partial charge in [-0.05, 0) is 0 Å². The first-order chi connectivity index (χ1) is 2.64. The molecule has 0 atom stereocenters. The summed E-state index contributed by atoms with van der Waals surface area (Å²) in [4.78, 5) is 18.2. The van der Waals surface area contributed by atoms with Gasteiger partial charge in [0.15, 0.2) is 0 Å². The van der Waals surface area contributed by atoms with Crippen LogP contribution in [0.4, 0.5) is 0 Å². The van der Waals surface area contributed by atoms with Gasteiger partial charge in [0.2, 0.25) is 0 Å². The fraction of sp³-hybridized carbons (Fsp3) is 0. The van der Waals surface area contributed by atoms with E-state index in [4.69, 9.17) is 19.8 Å². The minimum Gasteiger partial charge on any atom is -1.00 e. The average Bonchev–Trinajstić information content (AvgIpc) is 1.36. The van der Waals surface area contributed by atoms with Crippen LogP contribution in [0.3, 0.4) is 0 Å². The van der Waals surface area contributed by atoms with Gasteiger partial charge >= 0.3 is 63.3 Å². The summed E-state index contributed by atoms with van der Waals surface area (Å²) in [7, 11) is 0. The van der Waals surface area contributed by atoms with Crippen LogP contribution in [0.25, 0.3) is 0 Å². The molecule has 0 fully saturated rings. The Hall–Kier alpha value is 1.20. The molecule has 6 heteroatoms. The van der Waals surface area contributed by atoms with Crippen molar-refractivity contribution >= 4 is 11.9 Å². The molecule has 0 aromatic heterocycles. The van der Waals surface area contributed by atoms with Crippen LogP contribution in [0.2, 0.25) is 0 Å². The number of carbonyl (C=O) groups is 2. The number of carboxylic acid groups (broad SMARTS) is 2. The van der Waals surface area contributed by atoms with Crippen molar-refractivity contribution in [2.45, 2.75) is 0 Å². The van der Waals surface area contributed by atoms with Crippen LogP contribution in [0.15, 0.2) is 0 Å². The van der Waals surface area contributed by atoms with E-state index in [0.717, 1.165) is 0 Å². The van der Waals surface area contributed by atoms with Crippen molar-refractivity contribution in [1.29, 1.82) is 0 Å². The molecule has 0 aliphatic heterocycles. The number of aliphatic carboxylic acids is 2. The fourth-order valence-electron chi connectivity index (χ4n) is 0. The van der Waals surface area contributed by atoms with Crippen LogP contribution in [0.5, 0.6) is 0 Å². The molecule has 44 valence electrons. The van der Waals surface area contributed by atoms with Crippen LogP contribution in [0, 0.1) is 0 Å². The molecule has 8 heavy (non-hydrogen) atoms. The number of hydrogen-bond acceptors (Lipinski definition) is 2. The molecular formula is C2H3KO4Ru. The normalized spacial score (nSPS) is 5.50. The van der Waals surface area contributed by atoms with Gasteiger partial charge in [-0.1, -0.05) is 0 Å². The molecular weight excluding hydrogens is 228 g/mol. The molecule has 0 aliphatic rings. The maximum atomic E-state index is 9.10. The summed E-state index contributed by atoms with van der Waals surface area (Å²) < 4.78 is 0. The van der Waals surface area contributed by atoms with Gasteiger partial charge in [0.05, 0.1) is 0 Å². The second-order valence-corrected chi connectivity index (χ2v) is 0.610. The first-order valence-corrected chi connectivity index (χ1v) is 1.11. The Morgan fingerprint density at radius 2 is 1.25 bits per heavy atom. The third-order valence-corrected chi connectivity index (χ3v) is 0.183. The van der Waals surface area contributed by atoms with E-state index in [2.05, 4.69) is 0 Å². The second kappa shape index (κ2) is 8.20. The molecule has 0 unspecified atom stereocenters. The second-order valence-electron chi connectivity index (χ2n) is 0.610. The van der Waals surface area contributed by atoms with E-state index in [0.29, 0.717) is 0 Å². The molecule has 0 spiro atoms. The van der Waals surface area contributed by atoms with Crippen molar-refractivity contribution < 1.29 is 92.1 Å². The topological polar surface area (TPSA) is 74.6 Å². The van der Waals surface area contributed by atoms with Crippen molar-refractivity contribution in [2.24, 2.45) is 0 Å². The third kappa shape index (κ3) is 10.2. The summed E-state index contributed by atoms with van der Waals surface area (Å²) in [6.45, 7) is 0. The smallest absolute Gasteiger partial charge is 1.00 e. The average molecular weight is 231 g/mol. The Kier molecular flexibility index (Phi) is 16.5. The summed E-state index contributed by atoms with van der Waals surface area (Å²) in [5, 5.41) is 14.8. The number of rotatable bonds is 0. The van der Waals surface area contributed by atoms with E-state index in [9.17, 15) is 0 Å². The number of carboxylic acids is 2. The zero-order valence-corrected chi connectivity index (χ0v) is 8.93. The van der Waals surface area contributed by atoms with Crippen molar-refractivity contribution in [3.63, 3.8) is 0 Å². The minimum atomic E-state index is -1.82. The predicted molar refractivity (Wildman–Crippen MR) is 16.4 cm³/mol. The van der Waals surface area contributed by atoms with E-state index in [-0.39, 0.29) is 72.3 Å². The van der Waals surface area contributed by atoms with E-state index >= 15 is 0 Å². The van der Waals surface area contributed by atoms with Gasteiger partial charge in [0, 0.05) is 19.5 Å². The molecule has 0 saturated heterocycles. The maximum absolute atomic E-state index is 9.10. The molecule has 0 aromatic rings. The fourth-order valence-corrected chi connectivity index (χ4v) is 0. The zero-order chi connectivity index (χ0) is 5.15. The zero-order valence-electron chi connectivity index (χ0n) is 5.06.